The zero-order valence-electron chi connectivity index (χ0n) is 36.3. The van der Waals surface area contributed by atoms with Crippen LogP contribution in [0.4, 0.5) is 0 Å². The topological polar surface area (TPSA) is 18.5 Å². The standard InChI is InChI=1S/C58H38B2Br2O2/c1-27-15-29(3)51(30(4)16-27)35-23-37-41-19-33(61)21-49-57(41)60(44-12-8-10-14-48(44)63-49)46-26-40-36(52-31(5)17-28(2)18-32(52)6)24-38-42-20-34(62)22-50-58(42)59(43-11-7-9-13-47(43)64-50)45-25-39(35)55(53(37)46)56(40)54(38)45/h7-26H,1-6H3. The second-order valence-electron chi connectivity index (χ2n) is 18.9. The summed E-state index contributed by atoms with van der Waals surface area (Å²) >= 11 is 7.94. The molecule has 0 N–H and O–H groups in total. The minimum absolute atomic E-state index is 0.0161. The highest BCUT2D eigenvalue weighted by atomic mass is 79.9. The third kappa shape index (κ3) is 4.78. The average molecular weight is 948 g/mol. The van der Waals surface area contributed by atoms with Gasteiger partial charge in [-0.1, -0.05) is 127 Å². The van der Waals surface area contributed by atoms with Gasteiger partial charge in [0.2, 0.25) is 0 Å². The highest BCUT2D eigenvalue weighted by Crippen LogP contribution is 2.52. The average Bonchev–Trinajstić information content (AvgIpc) is 3.25. The molecule has 0 radical (unpaired) electrons. The Kier molecular flexibility index (Phi) is 7.47. The fraction of sp³-hybridized carbons (Fsp3) is 0.103. The number of rotatable bonds is 2. The maximum absolute atomic E-state index is 6.87. The molecule has 10 aromatic carbocycles. The molecule has 0 fully saturated rings. The van der Waals surface area contributed by atoms with Crippen molar-refractivity contribution in [3.05, 3.63) is 164 Å². The summed E-state index contributed by atoms with van der Waals surface area (Å²) in [6.07, 6.45) is 0. The van der Waals surface area contributed by atoms with Crippen LogP contribution >= 0.6 is 31.9 Å². The predicted octanol–water partition coefficient (Wildman–Crippen LogP) is 12.5. The SMILES string of the molecule is Cc1cc(C)c(-c2cc3c4c(cc5c(-c6c(C)cc(C)cc6C)cc6c7c(cc2c4c57)B2c4ccccc4Oc4cc(Br)cc-6c42)B2c4ccccc4Oc4cc(Br)cc-3c42)c(C)c1. The van der Waals surface area contributed by atoms with Crippen LogP contribution in [0.3, 0.4) is 0 Å². The molecule has 0 amide bonds. The van der Waals surface area contributed by atoms with Gasteiger partial charge in [-0.05, 0) is 211 Å². The first-order valence-corrected chi connectivity index (χ1v) is 23.8. The molecular weight excluding hydrogens is 910 g/mol. The van der Waals surface area contributed by atoms with Crippen LogP contribution in [0.25, 0.3) is 76.8 Å². The minimum Gasteiger partial charge on any atom is -0.458 e. The molecule has 0 saturated carbocycles. The van der Waals surface area contributed by atoms with E-state index in [0.717, 1.165) is 31.9 Å². The van der Waals surface area contributed by atoms with Gasteiger partial charge in [0.05, 0.1) is 0 Å². The van der Waals surface area contributed by atoms with E-state index in [0.29, 0.717) is 0 Å². The van der Waals surface area contributed by atoms with Crippen molar-refractivity contribution >= 4 is 110 Å². The van der Waals surface area contributed by atoms with Crippen molar-refractivity contribution in [1.82, 2.24) is 0 Å². The Bertz CT molecular complexity index is 3550. The molecule has 4 aliphatic rings. The van der Waals surface area contributed by atoms with Gasteiger partial charge in [0.25, 0.3) is 13.4 Å². The summed E-state index contributed by atoms with van der Waals surface area (Å²) in [5, 5.41) is 7.97. The summed E-state index contributed by atoms with van der Waals surface area (Å²) in [7, 11) is 0. The van der Waals surface area contributed by atoms with Gasteiger partial charge in [-0.25, -0.2) is 0 Å². The number of para-hydroxylation sites is 2. The first-order valence-electron chi connectivity index (χ1n) is 22.3. The first kappa shape index (κ1) is 37.3. The normalized spacial score (nSPS) is 13.5. The monoisotopic (exact) mass is 946 g/mol. The lowest BCUT2D eigenvalue weighted by atomic mass is 9.32. The van der Waals surface area contributed by atoms with Crippen molar-refractivity contribution < 1.29 is 9.47 Å². The molecule has 10 aromatic rings. The second-order valence-corrected chi connectivity index (χ2v) is 20.7. The number of benzene rings is 10. The fourth-order valence-corrected chi connectivity index (χ4v) is 13.9. The van der Waals surface area contributed by atoms with E-state index in [1.165, 1.54) is 143 Å². The van der Waals surface area contributed by atoms with Crippen molar-refractivity contribution in [2.75, 3.05) is 0 Å². The third-order valence-electron chi connectivity index (χ3n) is 14.9. The van der Waals surface area contributed by atoms with Crippen molar-refractivity contribution in [3.8, 4) is 67.5 Å². The van der Waals surface area contributed by atoms with Crippen LogP contribution in [0.5, 0.6) is 23.0 Å². The second kappa shape index (κ2) is 12.8. The molecule has 0 aromatic heterocycles. The van der Waals surface area contributed by atoms with Crippen molar-refractivity contribution in [3.63, 3.8) is 0 Å². The number of halogens is 2. The Hall–Kier alpha value is -6.07. The minimum atomic E-state index is -0.0161. The summed E-state index contributed by atoms with van der Waals surface area (Å²) < 4.78 is 15.8. The van der Waals surface area contributed by atoms with Crippen LogP contribution in [0.1, 0.15) is 33.4 Å². The van der Waals surface area contributed by atoms with Crippen LogP contribution in [-0.2, 0) is 0 Å². The zero-order valence-corrected chi connectivity index (χ0v) is 39.4. The number of ether oxygens (including phenoxy) is 2. The van der Waals surface area contributed by atoms with Crippen LogP contribution in [0.15, 0.2) is 130 Å². The predicted molar refractivity (Wildman–Crippen MR) is 278 cm³/mol. The van der Waals surface area contributed by atoms with Crippen LogP contribution in [0, 0.1) is 41.5 Å². The highest BCUT2D eigenvalue weighted by molar-refractivity contribution is 9.10. The third-order valence-corrected chi connectivity index (χ3v) is 15.9. The molecule has 4 heterocycles. The summed E-state index contributed by atoms with van der Waals surface area (Å²) in [5.74, 6) is 3.68. The number of fused-ring (bicyclic) bond motifs is 8. The Morgan fingerprint density at radius 2 is 0.750 bits per heavy atom. The number of hydrogen-bond acceptors (Lipinski definition) is 2. The van der Waals surface area contributed by atoms with E-state index in [1.807, 2.05) is 0 Å². The Labute approximate surface area is 390 Å². The molecule has 14 rings (SSSR count). The smallest absolute Gasteiger partial charge is 0.252 e. The van der Waals surface area contributed by atoms with Gasteiger partial charge in [0, 0.05) is 8.95 Å². The Balaban J connectivity index is 1.28. The van der Waals surface area contributed by atoms with Crippen molar-refractivity contribution in [1.29, 1.82) is 0 Å². The molecule has 0 unspecified atom stereocenters. The molecular formula is C58H38B2Br2O2. The molecule has 64 heavy (non-hydrogen) atoms. The van der Waals surface area contributed by atoms with Crippen molar-refractivity contribution in [2.24, 2.45) is 0 Å². The lowest BCUT2D eigenvalue weighted by Crippen LogP contribution is -2.58. The Morgan fingerprint density at radius 3 is 1.16 bits per heavy atom. The molecule has 0 aliphatic carbocycles. The van der Waals surface area contributed by atoms with Gasteiger partial charge >= 0.3 is 0 Å². The largest absolute Gasteiger partial charge is 0.458 e. The summed E-state index contributed by atoms with van der Waals surface area (Å²) in [6, 6.07) is 46.1. The highest BCUT2D eigenvalue weighted by Gasteiger charge is 2.44. The van der Waals surface area contributed by atoms with Crippen LogP contribution in [-0.4, -0.2) is 13.4 Å². The molecule has 0 spiro atoms. The number of hydrogen-bond donors (Lipinski definition) is 0. The van der Waals surface area contributed by atoms with E-state index in [9.17, 15) is 0 Å². The van der Waals surface area contributed by atoms with Gasteiger partial charge in [-0.3, -0.25) is 0 Å². The van der Waals surface area contributed by atoms with Gasteiger partial charge in [-0.2, -0.15) is 0 Å². The van der Waals surface area contributed by atoms with Crippen LogP contribution < -0.4 is 42.3 Å². The number of aryl methyl sites for hydroxylation is 6. The van der Waals surface area contributed by atoms with Gasteiger partial charge in [0.1, 0.15) is 23.0 Å². The molecule has 302 valence electrons. The van der Waals surface area contributed by atoms with E-state index in [4.69, 9.17) is 9.47 Å². The van der Waals surface area contributed by atoms with E-state index in [2.05, 4.69) is 195 Å². The van der Waals surface area contributed by atoms with E-state index < -0.39 is 0 Å². The first-order chi connectivity index (χ1) is 31.0. The molecule has 4 aliphatic heterocycles. The maximum atomic E-state index is 6.87. The van der Waals surface area contributed by atoms with E-state index in [-0.39, 0.29) is 13.4 Å². The van der Waals surface area contributed by atoms with Gasteiger partial charge in [0.15, 0.2) is 0 Å². The van der Waals surface area contributed by atoms with Gasteiger partial charge < -0.3 is 9.47 Å². The summed E-state index contributed by atoms with van der Waals surface area (Å²) in [6.45, 7) is 13.6. The maximum Gasteiger partial charge on any atom is 0.252 e. The molecule has 0 bridgehead atoms. The van der Waals surface area contributed by atoms with Gasteiger partial charge in [-0.15, -0.1) is 0 Å². The quantitative estimate of drug-likeness (QED) is 0.127. The lowest BCUT2D eigenvalue weighted by molar-refractivity contribution is 0.487. The van der Waals surface area contributed by atoms with Crippen molar-refractivity contribution in [2.45, 2.75) is 41.5 Å². The van der Waals surface area contributed by atoms with E-state index in [1.54, 1.807) is 0 Å². The molecule has 0 atom stereocenters. The molecule has 2 nitrogen and oxygen atoms in total. The summed E-state index contributed by atoms with van der Waals surface area (Å²) in [4.78, 5) is 0. The summed E-state index contributed by atoms with van der Waals surface area (Å²) in [5.41, 5.74) is 25.4. The molecule has 6 heteroatoms. The fourth-order valence-electron chi connectivity index (χ4n) is 13.0. The van der Waals surface area contributed by atoms with Crippen LogP contribution in [0.2, 0.25) is 0 Å². The molecule has 0 saturated heterocycles. The zero-order chi connectivity index (χ0) is 43.2. The Morgan fingerprint density at radius 1 is 0.359 bits per heavy atom. The van der Waals surface area contributed by atoms with E-state index >= 15 is 0 Å². The lowest BCUT2D eigenvalue weighted by Gasteiger charge is -2.37.